The van der Waals surface area contributed by atoms with Gasteiger partial charge in [-0.05, 0) is 24.1 Å². The maximum absolute atomic E-state index is 12.1. The van der Waals surface area contributed by atoms with Gasteiger partial charge in [-0.1, -0.05) is 12.1 Å². The van der Waals surface area contributed by atoms with Crippen molar-refractivity contribution in [1.82, 2.24) is 9.21 Å². The molecular weight excluding hydrogens is 290 g/mol. The Morgan fingerprint density at radius 2 is 2.05 bits per heavy atom. The first-order chi connectivity index (χ1) is 9.92. The summed E-state index contributed by atoms with van der Waals surface area (Å²) in [5.41, 5.74) is 1.46. The molecule has 1 saturated heterocycles. The molecule has 1 aliphatic heterocycles. The molecule has 0 bridgehead atoms. The van der Waals surface area contributed by atoms with Gasteiger partial charge in [0.15, 0.2) is 0 Å². The molecule has 0 aliphatic carbocycles. The van der Waals surface area contributed by atoms with Crippen molar-refractivity contribution in [2.45, 2.75) is 13.0 Å². The first-order valence-electron chi connectivity index (χ1n) is 6.63. The molecule has 0 saturated carbocycles. The van der Waals surface area contributed by atoms with E-state index in [9.17, 15) is 13.2 Å². The lowest BCUT2D eigenvalue weighted by atomic mass is 10.1. The Kier molecular flexibility index (Phi) is 4.60. The highest BCUT2D eigenvalue weighted by Crippen LogP contribution is 2.13. The molecular formula is C14H17N3O3S. The summed E-state index contributed by atoms with van der Waals surface area (Å²) < 4.78 is 24.6. The number of nitrogens with zero attached hydrogens (tertiary/aromatic N) is 3. The maximum Gasteiger partial charge on any atom is 0.237 e. The second-order valence-corrected chi connectivity index (χ2v) is 7.15. The lowest BCUT2D eigenvalue weighted by molar-refractivity contribution is -0.130. The number of benzene rings is 1. The first kappa shape index (κ1) is 15.5. The maximum atomic E-state index is 12.1. The molecule has 0 aromatic heterocycles. The van der Waals surface area contributed by atoms with Crippen molar-refractivity contribution in [2.24, 2.45) is 0 Å². The number of sulfonamides is 1. The fourth-order valence-corrected chi connectivity index (χ4v) is 3.65. The van der Waals surface area contributed by atoms with Crippen LogP contribution in [0.5, 0.6) is 0 Å². The van der Waals surface area contributed by atoms with Crippen LogP contribution >= 0.6 is 0 Å². The van der Waals surface area contributed by atoms with E-state index in [1.807, 2.05) is 6.07 Å². The quantitative estimate of drug-likeness (QED) is 0.813. The Balaban J connectivity index is 1.95. The van der Waals surface area contributed by atoms with Crippen molar-refractivity contribution in [1.29, 1.82) is 5.26 Å². The van der Waals surface area contributed by atoms with Crippen molar-refractivity contribution >= 4 is 15.9 Å². The van der Waals surface area contributed by atoms with Crippen molar-refractivity contribution < 1.29 is 13.2 Å². The van der Waals surface area contributed by atoms with Crippen LogP contribution in [0.4, 0.5) is 0 Å². The van der Waals surface area contributed by atoms with Crippen molar-refractivity contribution in [3.63, 3.8) is 0 Å². The average molecular weight is 307 g/mol. The highest BCUT2D eigenvalue weighted by Gasteiger charge is 2.30. The smallest absolute Gasteiger partial charge is 0.237 e. The van der Waals surface area contributed by atoms with Gasteiger partial charge >= 0.3 is 0 Å². The highest BCUT2D eigenvalue weighted by atomic mass is 32.2. The SMILES string of the molecule is CN(Cc1ccc(C#N)cc1)C(=O)CN1CCCS1(=O)=O. The number of likely N-dealkylation sites (N-methyl/N-ethyl adjacent to an activating group) is 1. The topological polar surface area (TPSA) is 81.5 Å². The second-order valence-electron chi connectivity index (χ2n) is 5.06. The summed E-state index contributed by atoms with van der Waals surface area (Å²) in [6.45, 7) is 0.701. The summed E-state index contributed by atoms with van der Waals surface area (Å²) in [5.74, 6) is -0.107. The number of hydrogen-bond acceptors (Lipinski definition) is 4. The number of nitriles is 1. The summed E-state index contributed by atoms with van der Waals surface area (Å²) in [6, 6.07) is 8.99. The minimum absolute atomic E-state index is 0.102. The van der Waals surface area contributed by atoms with E-state index in [4.69, 9.17) is 5.26 Å². The van der Waals surface area contributed by atoms with E-state index in [1.165, 1.54) is 9.21 Å². The fourth-order valence-electron chi connectivity index (χ4n) is 2.19. The molecule has 1 fully saturated rings. The summed E-state index contributed by atoms with van der Waals surface area (Å²) in [4.78, 5) is 13.6. The zero-order valence-corrected chi connectivity index (χ0v) is 12.6. The Morgan fingerprint density at radius 3 is 2.57 bits per heavy atom. The molecule has 0 atom stereocenters. The number of amides is 1. The normalized spacial score (nSPS) is 17.3. The van der Waals surface area contributed by atoms with E-state index < -0.39 is 10.0 Å². The van der Waals surface area contributed by atoms with E-state index in [0.717, 1.165) is 5.56 Å². The minimum Gasteiger partial charge on any atom is -0.340 e. The summed E-state index contributed by atoms with van der Waals surface area (Å²) in [7, 11) is -1.61. The van der Waals surface area contributed by atoms with Crippen LogP contribution < -0.4 is 0 Å². The molecule has 0 N–H and O–H groups in total. The number of carbonyl (C=O) groups excluding carboxylic acids is 1. The predicted octanol–water partition coefficient (Wildman–Crippen LogP) is 0.552. The van der Waals surface area contributed by atoms with Gasteiger partial charge in [0, 0.05) is 20.1 Å². The number of hydrogen-bond donors (Lipinski definition) is 0. The van der Waals surface area contributed by atoms with E-state index in [-0.39, 0.29) is 18.2 Å². The first-order valence-corrected chi connectivity index (χ1v) is 8.24. The molecule has 0 unspecified atom stereocenters. The average Bonchev–Trinajstić information content (AvgIpc) is 2.78. The lowest BCUT2D eigenvalue weighted by Crippen LogP contribution is -2.38. The molecule has 0 spiro atoms. The van der Waals surface area contributed by atoms with Gasteiger partial charge in [0.25, 0.3) is 0 Å². The van der Waals surface area contributed by atoms with Gasteiger partial charge in [0.05, 0.1) is 23.9 Å². The van der Waals surface area contributed by atoms with Gasteiger partial charge in [-0.25, -0.2) is 8.42 Å². The van der Waals surface area contributed by atoms with Crippen LogP contribution in [0.2, 0.25) is 0 Å². The summed E-state index contributed by atoms with van der Waals surface area (Å²) in [6.07, 6.45) is 0.578. The zero-order valence-electron chi connectivity index (χ0n) is 11.8. The third kappa shape index (κ3) is 3.80. The summed E-state index contributed by atoms with van der Waals surface area (Å²) >= 11 is 0. The van der Waals surface area contributed by atoms with E-state index >= 15 is 0 Å². The Morgan fingerprint density at radius 1 is 1.38 bits per heavy atom. The third-order valence-electron chi connectivity index (χ3n) is 3.44. The monoisotopic (exact) mass is 307 g/mol. The minimum atomic E-state index is -3.25. The van der Waals surface area contributed by atoms with Crippen molar-refractivity contribution in [3.05, 3.63) is 35.4 Å². The van der Waals surface area contributed by atoms with Crippen molar-refractivity contribution in [3.8, 4) is 6.07 Å². The molecule has 7 heteroatoms. The van der Waals surface area contributed by atoms with Crippen LogP contribution in [0.1, 0.15) is 17.5 Å². The molecule has 1 amide bonds. The Bertz CT molecular complexity index is 662. The van der Waals surface area contributed by atoms with E-state index in [0.29, 0.717) is 25.1 Å². The number of carbonyl (C=O) groups is 1. The van der Waals surface area contributed by atoms with Gasteiger partial charge < -0.3 is 4.90 Å². The molecule has 2 rings (SSSR count). The Hall–Kier alpha value is -1.91. The van der Waals surface area contributed by atoms with Gasteiger partial charge in [-0.15, -0.1) is 0 Å². The van der Waals surface area contributed by atoms with Gasteiger partial charge in [0.1, 0.15) is 0 Å². The lowest BCUT2D eigenvalue weighted by Gasteiger charge is -2.21. The highest BCUT2D eigenvalue weighted by molar-refractivity contribution is 7.89. The van der Waals surface area contributed by atoms with Crippen LogP contribution in [-0.2, 0) is 21.4 Å². The predicted molar refractivity (Wildman–Crippen MR) is 77.6 cm³/mol. The van der Waals surface area contributed by atoms with Crippen LogP contribution in [0.15, 0.2) is 24.3 Å². The molecule has 112 valence electrons. The molecule has 1 aliphatic rings. The standard InChI is InChI=1S/C14H17N3O3S/c1-16(10-13-5-3-12(9-15)4-6-13)14(18)11-17-7-2-8-21(17,19)20/h3-6H,2,7-8,10-11H2,1H3. The zero-order chi connectivity index (χ0) is 15.5. The van der Waals surface area contributed by atoms with Crippen LogP contribution in [0.3, 0.4) is 0 Å². The van der Waals surface area contributed by atoms with Gasteiger partial charge in [-0.2, -0.15) is 9.57 Å². The molecule has 1 aromatic carbocycles. The van der Waals surface area contributed by atoms with E-state index in [2.05, 4.69) is 0 Å². The molecule has 6 nitrogen and oxygen atoms in total. The summed E-state index contributed by atoms with van der Waals surface area (Å²) in [5, 5.41) is 8.73. The number of rotatable bonds is 4. The van der Waals surface area contributed by atoms with Crippen LogP contribution in [-0.4, -0.2) is 49.4 Å². The fraction of sp³-hybridized carbons (Fsp3) is 0.429. The second kappa shape index (κ2) is 6.24. The van der Waals surface area contributed by atoms with Gasteiger partial charge in [-0.3, -0.25) is 4.79 Å². The van der Waals surface area contributed by atoms with Gasteiger partial charge in [0.2, 0.25) is 15.9 Å². The molecule has 1 heterocycles. The Labute approximate surface area is 124 Å². The molecule has 1 aromatic rings. The molecule has 0 radical (unpaired) electrons. The molecule has 21 heavy (non-hydrogen) atoms. The largest absolute Gasteiger partial charge is 0.340 e. The van der Waals surface area contributed by atoms with Crippen LogP contribution in [0.25, 0.3) is 0 Å². The van der Waals surface area contributed by atoms with Crippen LogP contribution in [0, 0.1) is 11.3 Å². The van der Waals surface area contributed by atoms with E-state index in [1.54, 1.807) is 31.3 Å². The van der Waals surface area contributed by atoms with Crippen molar-refractivity contribution in [2.75, 3.05) is 25.9 Å². The third-order valence-corrected chi connectivity index (χ3v) is 5.35.